The first-order valence-corrected chi connectivity index (χ1v) is 8.00. The smallest absolute Gasteiger partial charge is 0.302 e. The standard InChI is InChI=1S/C12H17Cl3N4O6/c1-5(20)23-4-6-8(21-2)9(22-3)7(18-19-17)10(24-6)25-11(16)12(13,14)15/h6-10,16H,4H2,1-3H3/t6?,7?,8-,9-,10?/m1/s1. The molecule has 1 saturated heterocycles. The molecular weight excluding hydrogens is 403 g/mol. The lowest BCUT2D eigenvalue weighted by Gasteiger charge is -2.43. The fourth-order valence-corrected chi connectivity index (χ4v) is 2.38. The highest BCUT2D eigenvalue weighted by atomic mass is 35.6. The van der Waals surface area contributed by atoms with Gasteiger partial charge in [-0.25, -0.2) is 0 Å². The summed E-state index contributed by atoms with van der Waals surface area (Å²) >= 11 is 16.8. The Morgan fingerprint density at radius 1 is 1.32 bits per heavy atom. The lowest BCUT2D eigenvalue weighted by atomic mass is 9.97. The number of carbonyl (C=O) groups is 1. The molecule has 1 heterocycles. The van der Waals surface area contributed by atoms with Crippen LogP contribution in [0.15, 0.2) is 5.11 Å². The Bertz CT molecular complexity index is 539. The highest BCUT2D eigenvalue weighted by Crippen LogP contribution is 2.33. The number of alkyl halides is 3. The van der Waals surface area contributed by atoms with E-state index in [1.807, 2.05) is 0 Å². The fraction of sp³-hybridized carbons (Fsp3) is 0.833. The van der Waals surface area contributed by atoms with Crippen molar-refractivity contribution >= 4 is 46.7 Å². The predicted molar refractivity (Wildman–Crippen MR) is 88.9 cm³/mol. The van der Waals surface area contributed by atoms with Crippen LogP contribution in [-0.2, 0) is 28.5 Å². The minimum Gasteiger partial charge on any atom is -0.463 e. The molecule has 0 bridgehead atoms. The van der Waals surface area contributed by atoms with Gasteiger partial charge in [-0.05, 0) is 5.53 Å². The van der Waals surface area contributed by atoms with Crippen molar-refractivity contribution in [2.75, 3.05) is 20.8 Å². The molecule has 142 valence electrons. The quantitative estimate of drug-likeness (QED) is 0.133. The van der Waals surface area contributed by atoms with Crippen LogP contribution in [0.25, 0.3) is 10.4 Å². The number of hydrogen-bond donors (Lipinski definition) is 1. The summed E-state index contributed by atoms with van der Waals surface area (Å²) in [6, 6.07) is -1.05. The second-order valence-corrected chi connectivity index (χ2v) is 7.17. The first-order chi connectivity index (χ1) is 11.6. The SMILES string of the molecule is CO[C@@H]1C(COC(C)=O)OC(OC(=N)C(Cl)(Cl)Cl)C(N=[N+]=[N-])[C@H]1OC. The summed E-state index contributed by atoms with van der Waals surface area (Å²) in [5.41, 5.74) is 8.79. The molecule has 1 aliphatic rings. The fourth-order valence-electron chi connectivity index (χ4n) is 2.24. The molecule has 0 aromatic rings. The molecule has 1 aliphatic heterocycles. The zero-order valence-electron chi connectivity index (χ0n) is 13.5. The average Bonchev–Trinajstić information content (AvgIpc) is 2.53. The predicted octanol–water partition coefficient (Wildman–Crippen LogP) is 2.35. The molecule has 0 radical (unpaired) electrons. The number of esters is 1. The van der Waals surface area contributed by atoms with Crippen molar-refractivity contribution in [1.29, 1.82) is 5.41 Å². The van der Waals surface area contributed by atoms with Crippen molar-refractivity contribution in [3.05, 3.63) is 10.4 Å². The third-order valence-corrected chi connectivity index (χ3v) is 3.80. The molecule has 0 aromatic carbocycles. The monoisotopic (exact) mass is 418 g/mol. The van der Waals surface area contributed by atoms with Gasteiger partial charge in [-0.1, -0.05) is 39.9 Å². The average molecular weight is 420 g/mol. The van der Waals surface area contributed by atoms with Crippen LogP contribution in [0, 0.1) is 5.41 Å². The summed E-state index contributed by atoms with van der Waals surface area (Å²) in [5.74, 6) is -1.27. The van der Waals surface area contributed by atoms with Gasteiger partial charge < -0.3 is 23.7 Å². The molecule has 25 heavy (non-hydrogen) atoms. The topological polar surface area (TPSA) is 136 Å². The Hall–Kier alpha value is -1.00. The van der Waals surface area contributed by atoms with Crippen LogP contribution < -0.4 is 0 Å². The maximum atomic E-state index is 11.1. The van der Waals surface area contributed by atoms with Gasteiger partial charge in [0.25, 0.3) is 3.79 Å². The van der Waals surface area contributed by atoms with Crippen LogP contribution >= 0.6 is 34.8 Å². The summed E-state index contributed by atoms with van der Waals surface area (Å²) in [6.07, 6.45) is -3.74. The largest absolute Gasteiger partial charge is 0.463 e. The highest BCUT2D eigenvalue weighted by molar-refractivity contribution is 6.76. The van der Waals surface area contributed by atoms with E-state index >= 15 is 0 Å². The van der Waals surface area contributed by atoms with E-state index in [0.717, 1.165) is 0 Å². The molecule has 0 amide bonds. The van der Waals surface area contributed by atoms with E-state index in [9.17, 15) is 4.79 Å². The van der Waals surface area contributed by atoms with Crippen LogP contribution in [0.4, 0.5) is 0 Å². The van der Waals surface area contributed by atoms with Gasteiger partial charge in [0.15, 0.2) is 0 Å². The number of azide groups is 1. The lowest BCUT2D eigenvalue weighted by molar-refractivity contribution is -0.255. The Balaban J connectivity index is 3.10. The molecule has 13 heteroatoms. The van der Waals surface area contributed by atoms with Gasteiger partial charge in [0.1, 0.15) is 31.0 Å². The Morgan fingerprint density at radius 3 is 2.36 bits per heavy atom. The van der Waals surface area contributed by atoms with Gasteiger partial charge in [-0.2, -0.15) is 0 Å². The van der Waals surface area contributed by atoms with E-state index in [1.54, 1.807) is 0 Å². The van der Waals surface area contributed by atoms with Crippen LogP contribution in [0.5, 0.6) is 0 Å². The molecule has 1 N–H and O–H groups in total. The van der Waals surface area contributed by atoms with E-state index in [1.165, 1.54) is 21.1 Å². The first kappa shape index (κ1) is 22.0. The molecule has 3 unspecified atom stereocenters. The number of ether oxygens (including phenoxy) is 5. The zero-order valence-corrected chi connectivity index (χ0v) is 15.8. The van der Waals surface area contributed by atoms with Crippen LogP contribution in [0.1, 0.15) is 6.92 Å². The van der Waals surface area contributed by atoms with Gasteiger partial charge >= 0.3 is 5.97 Å². The minimum atomic E-state index is -2.14. The number of halogens is 3. The lowest BCUT2D eigenvalue weighted by Crippen LogP contribution is -2.60. The van der Waals surface area contributed by atoms with Gasteiger partial charge in [-0.15, -0.1) is 0 Å². The maximum Gasteiger partial charge on any atom is 0.302 e. The van der Waals surface area contributed by atoms with Crippen molar-refractivity contribution in [2.24, 2.45) is 5.11 Å². The number of carbonyl (C=O) groups excluding carboxylic acids is 1. The normalized spacial score (nSPS) is 29.4. The minimum absolute atomic E-state index is 0.183. The molecule has 0 spiro atoms. The Kier molecular flexibility index (Phi) is 8.49. The number of rotatable bonds is 6. The van der Waals surface area contributed by atoms with E-state index in [4.69, 9.17) is 69.4 Å². The van der Waals surface area contributed by atoms with E-state index in [0.29, 0.717) is 0 Å². The molecule has 0 saturated carbocycles. The molecule has 1 fully saturated rings. The molecule has 1 rings (SSSR count). The van der Waals surface area contributed by atoms with Crippen LogP contribution in [-0.4, -0.2) is 67.1 Å². The van der Waals surface area contributed by atoms with Crippen LogP contribution in [0.2, 0.25) is 0 Å². The number of nitrogens with zero attached hydrogens (tertiary/aromatic N) is 3. The van der Waals surface area contributed by atoms with E-state index < -0.39 is 46.3 Å². The number of methoxy groups -OCH3 is 2. The Morgan fingerprint density at radius 2 is 1.92 bits per heavy atom. The molecule has 5 atom stereocenters. The van der Waals surface area contributed by atoms with Crippen molar-refractivity contribution in [2.45, 2.75) is 41.4 Å². The second-order valence-electron chi connectivity index (χ2n) is 4.89. The van der Waals surface area contributed by atoms with Gasteiger partial charge in [-0.3, -0.25) is 10.2 Å². The van der Waals surface area contributed by atoms with Gasteiger partial charge in [0, 0.05) is 26.1 Å². The summed E-state index contributed by atoms with van der Waals surface area (Å²) in [6.45, 7) is 1.05. The van der Waals surface area contributed by atoms with Crippen molar-refractivity contribution in [3.8, 4) is 0 Å². The van der Waals surface area contributed by atoms with Crippen molar-refractivity contribution < 1.29 is 28.5 Å². The molecule has 0 aromatic heterocycles. The molecular formula is C12H17Cl3N4O6. The third-order valence-electron chi connectivity index (χ3n) is 3.29. The zero-order chi connectivity index (χ0) is 19.2. The summed E-state index contributed by atoms with van der Waals surface area (Å²) in [4.78, 5) is 13.8. The second kappa shape index (κ2) is 9.63. The maximum absolute atomic E-state index is 11.1. The summed E-state index contributed by atoms with van der Waals surface area (Å²) in [5, 5.41) is 11.2. The highest BCUT2D eigenvalue weighted by Gasteiger charge is 2.49. The third kappa shape index (κ3) is 6.03. The van der Waals surface area contributed by atoms with E-state index in [-0.39, 0.29) is 6.61 Å². The summed E-state index contributed by atoms with van der Waals surface area (Å²) < 4.78 is 24.3. The van der Waals surface area contributed by atoms with E-state index in [2.05, 4.69) is 10.0 Å². The van der Waals surface area contributed by atoms with Crippen LogP contribution in [0.3, 0.4) is 0 Å². The molecule has 0 aliphatic carbocycles. The number of hydrogen-bond acceptors (Lipinski definition) is 8. The molecule has 10 nitrogen and oxygen atoms in total. The summed E-state index contributed by atoms with van der Waals surface area (Å²) in [7, 11) is 2.75. The first-order valence-electron chi connectivity index (χ1n) is 6.86. The van der Waals surface area contributed by atoms with Crippen molar-refractivity contribution in [1.82, 2.24) is 0 Å². The number of nitrogens with one attached hydrogen (secondary N) is 1. The van der Waals surface area contributed by atoms with Gasteiger partial charge in [0.2, 0.25) is 12.2 Å². The van der Waals surface area contributed by atoms with Crippen molar-refractivity contribution in [3.63, 3.8) is 0 Å². The van der Waals surface area contributed by atoms with Gasteiger partial charge in [0.05, 0.1) is 0 Å². The Labute approximate surface area is 158 Å².